The van der Waals surface area contributed by atoms with Crippen molar-refractivity contribution in [1.82, 2.24) is 4.90 Å². The van der Waals surface area contributed by atoms with Crippen LogP contribution >= 0.6 is 11.8 Å². The molecule has 6 heteroatoms. The molecule has 0 bridgehead atoms. The molecule has 2 aliphatic heterocycles. The summed E-state index contributed by atoms with van der Waals surface area (Å²) < 4.78 is 10.6. The number of fused-ring (bicyclic) bond motifs is 1. The van der Waals surface area contributed by atoms with Gasteiger partial charge in [0, 0.05) is 11.5 Å². The van der Waals surface area contributed by atoms with Crippen molar-refractivity contribution in [2.24, 2.45) is 0 Å². The minimum Gasteiger partial charge on any atom is -0.497 e. The summed E-state index contributed by atoms with van der Waals surface area (Å²) in [5.74, 6) is 2.35. The first-order chi connectivity index (χ1) is 9.69. The molecule has 0 aliphatic carbocycles. The summed E-state index contributed by atoms with van der Waals surface area (Å²) in [7, 11) is 1.60. The average molecular weight is 292 g/mol. The number of nitrogens with zero attached hydrogens (tertiary/aromatic N) is 1. The van der Waals surface area contributed by atoms with Gasteiger partial charge in [-0.25, -0.2) is 0 Å². The molecular weight excluding hydrogens is 276 g/mol. The summed E-state index contributed by atoms with van der Waals surface area (Å²) in [6, 6.07) is 7.46. The number of nitrogens with one attached hydrogen (secondary N) is 1. The molecule has 1 amide bonds. The summed E-state index contributed by atoms with van der Waals surface area (Å²) in [6.45, 7) is 0. The van der Waals surface area contributed by atoms with Crippen LogP contribution in [-0.4, -0.2) is 47.6 Å². The van der Waals surface area contributed by atoms with Gasteiger partial charge < -0.3 is 9.47 Å². The van der Waals surface area contributed by atoms with Crippen molar-refractivity contribution in [2.75, 3.05) is 18.6 Å². The lowest BCUT2D eigenvalue weighted by Crippen LogP contribution is -2.42. The topological polar surface area (TPSA) is 62.6 Å². The first-order valence-corrected chi connectivity index (χ1v) is 7.62. The van der Waals surface area contributed by atoms with E-state index in [1.54, 1.807) is 18.9 Å². The molecule has 2 atom stereocenters. The zero-order valence-electron chi connectivity index (χ0n) is 11.2. The fraction of sp³-hybridized carbons (Fsp3) is 0.429. The van der Waals surface area contributed by atoms with Crippen molar-refractivity contribution >= 4 is 23.7 Å². The van der Waals surface area contributed by atoms with Crippen molar-refractivity contribution in [3.05, 3.63) is 29.8 Å². The van der Waals surface area contributed by atoms with Gasteiger partial charge in [0.2, 0.25) is 5.91 Å². The molecule has 1 aromatic carbocycles. The molecule has 5 nitrogen and oxygen atoms in total. The third-order valence-electron chi connectivity index (χ3n) is 3.57. The van der Waals surface area contributed by atoms with Gasteiger partial charge in [-0.3, -0.25) is 15.1 Å². The molecule has 20 heavy (non-hydrogen) atoms. The van der Waals surface area contributed by atoms with E-state index in [0.29, 0.717) is 0 Å². The number of rotatable bonds is 3. The zero-order valence-corrected chi connectivity index (χ0v) is 12.0. The molecule has 0 unspecified atom stereocenters. The Morgan fingerprint density at radius 2 is 2.40 bits per heavy atom. The van der Waals surface area contributed by atoms with Crippen LogP contribution in [0.1, 0.15) is 5.56 Å². The zero-order chi connectivity index (χ0) is 14.1. The van der Waals surface area contributed by atoms with E-state index in [0.717, 1.165) is 22.8 Å². The number of carbonyl (C=O) groups excluding carboxylic acids is 1. The van der Waals surface area contributed by atoms with Gasteiger partial charge in [0.1, 0.15) is 11.9 Å². The summed E-state index contributed by atoms with van der Waals surface area (Å²) in [4.78, 5) is 13.9. The lowest BCUT2D eigenvalue weighted by molar-refractivity contribution is -0.127. The molecular formula is C14H16N2O3S. The summed E-state index contributed by atoms with van der Waals surface area (Å²) in [6.07, 6.45) is 0.248. The Balaban J connectivity index is 1.74. The molecule has 0 radical (unpaired) electrons. The maximum atomic E-state index is 12.4. The van der Waals surface area contributed by atoms with E-state index < -0.39 is 0 Å². The summed E-state index contributed by atoms with van der Waals surface area (Å²) in [5, 5.41) is 7.83. The molecule has 2 heterocycles. The predicted molar refractivity (Wildman–Crippen MR) is 77.3 cm³/mol. The van der Waals surface area contributed by atoms with Gasteiger partial charge in [-0.1, -0.05) is 12.1 Å². The van der Waals surface area contributed by atoms with Gasteiger partial charge in [0.15, 0.2) is 0 Å². The van der Waals surface area contributed by atoms with E-state index in [9.17, 15) is 4.79 Å². The third-order valence-corrected chi connectivity index (χ3v) is 4.71. The largest absolute Gasteiger partial charge is 0.497 e. The molecule has 2 aliphatic rings. The molecule has 0 spiro atoms. The quantitative estimate of drug-likeness (QED) is 0.917. The maximum Gasteiger partial charge on any atom is 0.292 e. The highest BCUT2D eigenvalue weighted by molar-refractivity contribution is 7.99. The van der Waals surface area contributed by atoms with Crippen LogP contribution in [-0.2, 0) is 16.0 Å². The smallest absolute Gasteiger partial charge is 0.292 e. The second kappa shape index (κ2) is 5.36. The van der Waals surface area contributed by atoms with Gasteiger partial charge in [-0.05, 0) is 17.7 Å². The minimum absolute atomic E-state index is 0.00630. The van der Waals surface area contributed by atoms with Crippen LogP contribution < -0.4 is 4.74 Å². The van der Waals surface area contributed by atoms with Crippen LogP contribution in [0.2, 0.25) is 0 Å². The van der Waals surface area contributed by atoms with Gasteiger partial charge in [0.05, 0.1) is 19.6 Å². The normalized spacial score (nSPS) is 24.4. The molecule has 1 N–H and O–H groups in total. The number of benzene rings is 1. The highest BCUT2D eigenvalue weighted by Crippen LogP contribution is 2.31. The second-order valence-corrected chi connectivity index (χ2v) is 5.93. The molecule has 0 aromatic heterocycles. The van der Waals surface area contributed by atoms with E-state index in [1.807, 2.05) is 24.3 Å². The van der Waals surface area contributed by atoms with E-state index in [4.69, 9.17) is 14.9 Å². The second-order valence-electron chi connectivity index (χ2n) is 4.86. The van der Waals surface area contributed by atoms with Crippen LogP contribution in [0.15, 0.2) is 24.3 Å². The van der Waals surface area contributed by atoms with Crippen molar-refractivity contribution in [3.63, 3.8) is 0 Å². The predicted octanol–water partition coefficient (Wildman–Crippen LogP) is 1.52. The Morgan fingerprint density at radius 3 is 3.20 bits per heavy atom. The fourth-order valence-electron chi connectivity index (χ4n) is 2.57. The van der Waals surface area contributed by atoms with Gasteiger partial charge in [0.25, 0.3) is 6.02 Å². The van der Waals surface area contributed by atoms with Crippen molar-refractivity contribution < 1.29 is 14.3 Å². The first kappa shape index (κ1) is 13.3. The van der Waals surface area contributed by atoms with Crippen molar-refractivity contribution in [1.29, 1.82) is 5.41 Å². The van der Waals surface area contributed by atoms with Gasteiger partial charge in [-0.2, -0.15) is 11.8 Å². The monoisotopic (exact) mass is 292 g/mol. The first-order valence-electron chi connectivity index (χ1n) is 6.47. The van der Waals surface area contributed by atoms with Crippen LogP contribution in [0.4, 0.5) is 0 Å². The highest BCUT2D eigenvalue weighted by Gasteiger charge is 2.45. The van der Waals surface area contributed by atoms with Crippen LogP contribution in [0.3, 0.4) is 0 Å². The maximum absolute atomic E-state index is 12.4. The lowest BCUT2D eigenvalue weighted by Gasteiger charge is -2.19. The summed E-state index contributed by atoms with van der Waals surface area (Å²) >= 11 is 1.77. The number of carbonyl (C=O) groups is 1. The van der Waals surface area contributed by atoms with E-state index >= 15 is 0 Å². The van der Waals surface area contributed by atoms with Crippen molar-refractivity contribution in [2.45, 2.75) is 18.6 Å². The summed E-state index contributed by atoms with van der Waals surface area (Å²) in [5.41, 5.74) is 0.885. The Kier molecular flexibility index (Phi) is 3.56. The molecule has 0 saturated carbocycles. The molecule has 2 saturated heterocycles. The Morgan fingerprint density at radius 1 is 1.55 bits per heavy atom. The van der Waals surface area contributed by atoms with Crippen LogP contribution in [0.5, 0.6) is 5.75 Å². The number of amides is 1. The lowest BCUT2D eigenvalue weighted by atomic mass is 10.1. The van der Waals surface area contributed by atoms with Crippen LogP contribution in [0, 0.1) is 5.41 Å². The third kappa shape index (κ3) is 2.35. The number of hydrogen-bond donors (Lipinski definition) is 1. The molecule has 1 aromatic rings. The number of amidine groups is 1. The van der Waals surface area contributed by atoms with Crippen molar-refractivity contribution in [3.8, 4) is 5.75 Å². The number of ether oxygens (including phenoxy) is 2. The number of hydrogen-bond acceptors (Lipinski definition) is 5. The number of methoxy groups -OCH3 is 1. The Bertz CT molecular complexity index is 549. The molecule has 3 rings (SSSR count). The van der Waals surface area contributed by atoms with Gasteiger partial charge in [-0.15, -0.1) is 0 Å². The standard InChI is InChI=1S/C14H16N2O3S/c1-18-10-4-2-3-9(5-10)6-13(17)16-11-7-20-8-12(11)19-14(16)15/h2-5,11-12,15H,6-8H2,1H3/t11-,12-/m0/s1. The average Bonchev–Trinajstić information content (AvgIpc) is 2.98. The minimum atomic E-state index is -0.0850. The Hall–Kier alpha value is -1.69. The fourth-order valence-corrected chi connectivity index (χ4v) is 3.83. The molecule has 106 valence electrons. The Labute approximate surface area is 121 Å². The van der Waals surface area contributed by atoms with Gasteiger partial charge >= 0.3 is 0 Å². The number of thioether (sulfide) groups is 1. The van der Waals surface area contributed by atoms with E-state index in [-0.39, 0.29) is 30.5 Å². The SMILES string of the molecule is COc1cccc(CC(=O)N2C(=N)O[C@H]3CSC[C@@H]32)c1. The van der Waals surface area contributed by atoms with Crippen LogP contribution in [0.25, 0.3) is 0 Å². The van der Waals surface area contributed by atoms with E-state index in [2.05, 4.69) is 0 Å². The molecule has 2 fully saturated rings. The van der Waals surface area contributed by atoms with E-state index in [1.165, 1.54) is 4.90 Å². The highest BCUT2D eigenvalue weighted by atomic mass is 32.2.